The molecule has 19 heavy (non-hydrogen) atoms. The van der Waals surface area contributed by atoms with Crippen molar-refractivity contribution in [1.82, 2.24) is 15.2 Å². The summed E-state index contributed by atoms with van der Waals surface area (Å²) in [7, 11) is 0. The fourth-order valence-corrected chi connectivity index (χ4v) is 3.18. The molecule has 0 bridgehead atoms. The van der Waals surface area contributed by atoms with Crippen LogP contribution < -0.4 is 5.32 Å². The van der Waals surface area contributed by atoms with Gasteiger partial charge in [-0.25, -0.2) is 4.98 Å². The van der Waals surface area contributed by atoms with E-state index < -0.39 is 5.95 Å². The number of carbonyl (C=O) groups excluding carboxylic acids is 1. The summed E-state index contributed by atoms with van der Waals surface area (Å²) in [4.78, 5) is 18.1. The number of nitrogens with zero attached hydrogens (tertiary/aromatic N) is 2. The normalized spacial score (nSPS) is 27.0. The van der Waals surface area contributed by atoms with Gasteiger partial charge in [0.15, 0.2) is 0 Å². The molecule has 1 aromatic heterocycles. The molecule has 0 spiro atoms. The average Bonchev–Trinajstić information content (AvgIpc) is 2.83. The lowest BCUT2D eigenvalue weighted by molar-refractivity contribution is 0.0915. The van der Waals surface area contributed by atoms with E-state index in [0.29, 0.717) is 11.6 Å². The van der Waals surface area contributed by atoms with Crippen molar-refractivity contribution in [1.29, 1.82) is 0 Å². The smallest absolute Gasteiger partial charge is 0.253 e. The lowest BCUT2D eigenvalue weighted by Crippen LogP contribution is -2.46. The van der Waals surface area contributed by atoms with Crippen molar-refractivity contribution in [3.05, 3.63) is 29.8 Å². The van der Waals surface area contributed by atoms with Crippen LogP contribution in [0.2, 0.25) is 0 Å². The molecule has 2 atom stereocenters. The van der Waals surface area contributed by atoms with Crippen molar-refractivity contribution >= 4 is 5.91 Å². The summed E-state index contributed by atoms with van der Waals surface area (Å²) in [6.45, 7) is 2.21. The van der Waals surface area contributed by atoms with Crippen molar-refractivity contribution in [3.8, 4) is 0 Å². The Balaban J connectivity index is 1.65. The fraction of sp³-hybridized carbons (Fsp3) is 0.571. The maximum atomic E-state index is 12.7. The molecule has 0 aromatic carbocycles. The number of fused-ring (bicyclic) bond motifs is 1. The molecule has 3 heterocycles. The largest absolute Gasteiger partial charge is 0.348 e. The lowest BCUT2D eigenvalue weighted by Gasteiger charge is -2.32. The Kier molecular flexibility index (Phi) is 3.46. The van der Waals surface area contributed by atoms with Gasteiger partial charge in [-0.15, -0.1) is 0 Å². The van der Waals surface area contributed by atoms with Gasteiger partial charge < -0.3 is 5.32 Å². The summed E-state index contributed by atoms with van der Waals surface area (Å²) in [5.41, 5.74) is 0.427. The highest BCUT2D eigenvalue weighted by atomic mass is 19.1. The van der Waals surface area contributed by atoms with Crippen molar-refractivity contribution < 1.29 is 9.18 Å². The van der Waals surface area contributed by atoms with Crippen LogP contribution in [0, 0.1) is 5.95 Å². The summed E-state index contributed by atoms with van der Waals surface area (Å²) < 4.78 is 12.7. The maximum absolute atomic E-state index is 12.7. The van der Waals surface area contributed by atoms with Gasteiger partial charge in [-0.05, 0) is 37.9 Å². The Morgan fingerprint density at radius 1 is 1.32 bits per heavy atom. The lowest BCUT2D eigenvalue weighted by atomic mass is 9.99. The Labute approximate surface area is 112 Å². The first-order chi connectivity index (χ1) is 9.24. The van der Waals surface area contributed by atoms with Gasteiger partial charge >= 0.3 is 0 Å². The highest BCUT2D eigenvalue weighted by Gasteiger charge is 2.36. The summed E-state index contributed by atoms with van der Waals surface area (Å²) >= 11 is 0. The zero-order valence-corrected chi connectivity index (χ0v) is 10.8. The van der Waals surface area contributed by atoms with E-state index in [0.717, 1.165) is 25.9 Å². The number of piperidine rings is 1. The van der Waals surface area contributed by atoms with Crippen LogP contribution in [-0.2, 0) is 0 Å². The molecule has 2 aliphatic rings. The molecular weight excluding hydrogens is 245 g/mol. The highest BCUT2D eigenvalue weighted by Crippen LogP contribution is 2.27. The molecule has 0 saturated carbocycles. The molecular formula is C14H18FN3O. The first-order valence-corrected chi connectivity index (χ1v) is 6.90. The summed E-state index contributed by atoms with van der Waals surface area (Å²) in [6, 6.07) is 3.39. The number of carbonyl (C=O) groups is 1. The van der Waals surface area contributed by atoms with Crippen LogP contribution in [0.4, 0.5) is 4.39 Å². The topological polar surface area (TPSA) is 45.2 Å². The zero-order valence-electron chi connectivity index (χ0n) is 10.8. The number of amides is 1. The summed E-state index contributed by atoms with van der Waals surface area (Å²) in [5.74, 6) is -0.708. The molecule has 4 nitrogen and oxygen atoms in total. The van der Waals surface area contributed by atoms with Crippen molar-refractivity contribution in [2.75, 3.05) is 13.1 Å². The third kappa shape index (κ3) is 2.61. The van der Waals surface area contributed by atoms with Crippen LogP contribution in [0.15, 0.2) is 18.3 Å². The van der Waals surface area contributed by atoms with E-state index in [1.165, 1.54) is 31.2 Å². The van der Waals surface area contributed by atoms with Crippen LogP contribution in [-0.4, -0.2) is 41.0 Å². The number of aromatic nitrogens is 1. The van der Waals surface area contributed by atoms with Crippen LogP contribution in [0.5, 0.6) is 0 Å². The van der Waals surface area contributed by atoms with E-state index in [4.69, 9.17) is 0 Å². The minimum Gasteiger partial charge on any atom is -0.348 e. The Hall–Kier alpha value is -1.49. The molecule has 2 fully saturated rings. The van der Waals surface area contributed by atoms with E-state index >= 15 is 0 Å². The van der Waals surface area contributed by atoms with Gasteiger partial charge in [0.25, 0.3) is 5.91 Å². The van der Waals surface area contributed by atoms with E-state index in [1.807, 2.05) is 0 Å². The number of rotatable bonds is 2. The second-order valence-electron chi connectivity index (χ2n) is 5.34. The molecule has 1 amide bonds. The minimum absolute atomic E-state index is 0.148. The van der Waals surface area contributed by atoms with Gasteiger partial charge in [0.2, 0.25) is 5.95 Å². The number of hydrogen-bond donors (Lipinski definition) is 1. The van der Waals surface area contributed by atoms with Crippen molar-refractivity contribution in [2.24, 2.45) is 0 Å². The Morgan fingerprint density at radius 3 is 3.00 bits per heavy atom. The second-order valence-corrected chi connectivity index (χ2v) is 5.34. The summed E-state index contributed by atoms with van der Waals surface area (Å²) in [5, 5.41) is 3.07. The first-order valence-electron chi connectivity index (χ1n) is 6.90. The Morgan fingerprint density at radius 2 is 2.21 bits per heavy atom. The van der Waals surface area contributed by atoms with Crippen LogP contribution in [0.3, 0.4) is 0 Å². The zero-order chi connectivity index (χ0) is 13.2. The van der Waals surface area contributed by atoms with Gasteiger partial charge in [-0.2, -0.15) is 4.39 Å². The van der Waals surface area contributed by atoms with Gasteiger partial charge in [0.1, 0.15) is 0 Å². The molecule has 2 saturated heterocycles. The molecule has 5 heteroatoms. The second kappa shape index (κ2) is 5.25. The molecule has 1 N–H and O–H groups in total. The van der Waals surface area contributed by atoms with E-state index in [-0.39, 0.29) is 11.9 Å². The number of nitrogens with one attached hydrogen (secondary N) is 1. The third-order valence-electron chi connectivity index (χ3n) is 4.16. The minimum atomic E-state index is -0.559. The molecule has 3 rings (SSSR count). The third-order valence-corrected chi connectivity index (χ3v) is 4.16. The highest BCUT2D eigenvalue weighted by molar-refractivity contribution is 5.94. The number of halogens is 1. The van der Waals surface area contributed by atoms with E-state index in [2.05, 4.69) is 15.2 Å². The fourth-order valence-electron chi connectivity index (χ4n) is 3.18. The SMILES string of the molecule is O=C(NC1CCN2CCCCC12)c1ccc(F)nc1. The maximum Gasteiger partial charge on any atom is 0.253 e. The monoisotopic (exact) mass is 263 g/mol. The van der Waals surface area contributed by atoms with E-state index in [9.17, 15) is 9.18 Å². The number of pyridine rings is 1. The average molecular weight is 263 g/mol. The van der Waals surface area contributed by atoms with Gasteiger partial charge in [-0.1, -0.05) is 6.42 Å². The molecule has 2 unspecified atom stereocenters. The van der Waals surface area contributed by atoms with Crippen LogP contribution in [0.1, 0.15) is 36.0 Å². The molecule has 0 aliphatic carbocycles. The van der Waals surface area contributed by atoms with E-state index in [1.54, 1.807) is 0 Å². The van der Waals surface area contributed by atoms with Crippen molar-refractivity contribution in [2.45, 2.75) is 37.8 Å². The first kappa shape index (κ1) is 12.5. The predicted octanol–water partition coefficient (Wildman–Crippen LogP) is 1.58. The van der Waals surface area contributed by atoms with Gasteiger partial charge in [-0.3, -0.25) is 9.69 Å². The number of hydrogen-bond acceptors (Lipinski definition) is 3. The van der Waals surface area contributed by atoms with Gasteiger partial charge in [0.05, 0.1) is 5.56 Å². The predicted molar refractivity (Wildman–Crippen MR) is 69.3 cm³/mol. The molecule has 102 valence electrons. The van der Waals surface area contributed by atoms with Crippen molar-refractivity contribution in [3.63, 3.8) is 0 Å². The Bertz CT molecular complexity index is 462. The van der Waals surface area contributed by atoms with Gasteiger partial charge in [0, 0.05) is 24.8 Å². The standard InChI is InChI=1S/C14H18FN3O/c15-13-5-4-10(9-16-13)14(19)17-11-6-8-18-7-2-1-3-12(11)18/h4-5,9,11-12H,1-3,6-8H2,(H,17,19). The summed E-state index contributed by atoms with van der Waals surface area (Å²) in [6.07, 6.45) is 5.96. The molecule has 2 aliphatic heterocycles. The molecule has 1 aromatic rings. The quantitative estimate of drug-likeness (QED) is 0.824. The van der Waals surface area contributed by atoms with Crippen LogP contribution in [0.25, 0.3) is 0 Å². The van der Waals surface area contributed by atoms with Crippen LogP contribution >= 0.6 is 0 Å². The molecule has 0 radical (unpaired) electrons.